The molecule has 5 fully saturated rings. The molecule has 10 rings (SSSR count). The van der Waals surface area contributed by atoms with Gasteiger partial charge in [-0.05, 0) is 113 Å². The van der Waals surface area contributed by atoms with Gasteiger partial charge in [0, 0.05) is 22.1 Å². The fourth-order valence-electron chi connectivity index (χ4n) is 12.1. The zero-order valence-electron chi connectivity index (χ0n) is 26.0. The second kappa shape index (κ2) is 8.25. The summed E-state index contributed by atoms with van der Waals surface area (Å²) in [5.74, 6) is 1.38. The minimum absolute atomic E-state index is 0.152. The summed E-state index contributed by atoms with van der Waals surface area (Å²) in [6.07, 6.45) is 18.9. The average Bonchev–Trinajstić information content (AvgIpc) is 3.84. The van der Waals surface area contributed by atoms with Crippen molar-refractivity contribution >= 4 is 33.5 Å². The lowest BCUT2D eigenvalue weighted by Gasteiger charge is -2.64. The molecule has 0 amide bonds. The summed E-state index contributed by atoms with van der Waals surface area (Å²) in [5.41, 5.74) is 8.94. The molecule has 4 aromatic rings. The number of hydrogen-bond donors (Lipinski definition) is 0. The van der Waals surface area contributed by atoms with E-state index in [2.05, 4.69) is 88.9 Å². The SMILES string of the molecule is Cc1cc(-n2c3ccccc3c3ccccc32)c(C)cc1N1C2=NC3(CCCC3)C34CCCC(CCC3)(N24)C12CCCC2. The minimum atomic E-state index is 0.152. The second-order valence-electron chi connectivity index (χ2n) is 15.1. The van der Waals surface area contributed by atoms with Gasteiger partial charge in [0.2, 0.25) is 5.96 Å². The molecule has 2 saturated carbocycles. The molecule has 0 radical (unpaired) electrons. The maximum absolute atomic E-state index is 6.02. The van der Waals surface area contributed by atoms with Crippen LogP contribution in [-0.4, -0.2) is 37.6 Å². The highest BCUT2D eigenvalue weighted by atomic mass is 15.6. The van der Waals surface area contributed by atoms with Gasteiger partial charge in [-0.3, -0.25) is 0 Å². The third-order valence-electron chi connectivity index (χ3n) is 13.5. The zero-order valence-corrected chi connectivity index (χ0v) is 26.0. The molecule has 3 aromatic carbocycles. The summed E-state index contributed by atoms with van der Waals surface area (Å²) < 4.78 is 2.51. The highest BCUT2D eigenvalue weighted by Crippen LogP contribution is 2.70. The van der Waals surface area contributed by atoms with Crippen LogP contribution >= 0.6 is 0 Å². The first kappa shape index (κ1) is 25.1. The van der Waals surface area contributed by atoms with Crippen LogP contribution in [0.2, 0.25) is 0 Å². The Labute approximate surface area is 255 Å². The molecule has 220 valence electrons. The monoisotopic (exact) mass is 568 g/mol. The van der Waals surface area contributed by atoms with Crippen LogP contribution < -0.4 is 4.90 Å². The molecule has 2 aliphatic carbocycles. The van der Waals surface area contributed by atoms with Gasteiger partial charge in [0.05, 0.1) is 33.2 Å². The summed E-state index contributed by atoms with van der Waals surface area (Å²) in [4.78, 5) is 12.0. The number of guanidine groups is 1. The number of hydrogen-bond acceptors (Lipinski definition) is 3. The number of aryl methyl sites for hydroxylation is 2. The number of para-hydroxylation sites is 2. The first-order chi connectivity index (χ1) is 21.0. The summed E-state index contributed by atoms with van der Waals surface area (Å²) in [6, 6.07) is 22.9. The van der Waals surface area contributed by atoms with Crippen molar-refractivity contribution in [3.05, 3.63) is 71.8 Å². The van der Waals surface area contributed by atoms with Crippen LogP contribution in [0.25, 0.3) is 27.5 Å². The predicted molar refractivity (Wildman–Crippen MR) is 178 cm³/mol. The molecule has 2 bridgehead atoms. The van der Waals surface area contributed by atoms with Crippen LogP contribution in [-0.2, 0) is 0 Å². The average molecular weight is 569 g/mol. The molecule has 4 nitrogen and oxygen atoms in total. The third-order valence-corrected chi connectivity index (χ3v) is 13.5. The summed E-state index contributed by atoms with van der Waals surface area (Å²) in [5, 5.41) is 2.67. The number of aromatic nitrogens is 1. The number of aliphatic imine (C=N–C) groups is 1. The molecular formula is C39H44N4. The van der Waals surface area contributed by atoms with E-state index < -0.39 is 0 Å². The van der Waals surface area contributed by atoms with Gasteiger partial charge in [-0.25, -0.2) is 4.99 Å². The minimum Gasteiger partial charge on any atom is -0.326 e. The van der Waals surface area contributed by atoms with E-state index >= 15 is 0 Å². The molecule has 1 aromatic heterocycles. The number of fused-ring (bicyclic) bond motifs is 3. The van der Waals surface area contributed by atoms with E-state index in [0.29, 0.717) is 0 Å². The van der Waals surface area contributed by atoms with Crippen LogP contribution in [0.5, 0.6) is 0 Å². The van der Waals surface area contributed by atoms with Crippen molar-refractivity contribution in [3.63, 3.8) is 0 Å². The smallest absolute Gasteiger partial charge is 0.203 e. The standard InChI is InChI=1S/C39H44N4/c1-27-26-34(28(2)25-33(27)41-31-15-5-3-13-29(31)30-14-4-6-16-32(30)41)42-35-40-36(17-7-8-18-36)37-21-11-23-39(43(35)37,24-12-22-37)38(42)19-9-10-20-38/h3-6,13-16,25-26H,7-12,17-24H2,1-2H3. The number of nitrogens with zero attached hydrogens (tertiary/aromatic N) is 4. The van der Waals surface area contributed by atoms with Gasteiger partial charge in [-0.15, -0.1) is 0 Å². The van der Waals surface area contributed by atoms with Crippen molar-refractivity contribution in [3.8, 4) is 5.69 Å². The Morgan fingerprint density at radius 2 is 1.07 bits per heavy atom. The van der Waals surface area contributed by atoms with E-state index in [9.17, 15) is 0 Å². The molecule has 0 N–H and O–H groups in total. The van der Waals surface area contributed by atoms with Crippen molar-refractivity contribution in [1.82, 2.24) is 9.47 Å². The Balaban J connectivity index is 1.21. The van der Waals surface area contributed by atoms with Gasteiger partial charge in [-0.2, -0.15) is 0 Å². The van der Waals surface area contributed by atoms with E-state index in [0.717, 1.165) is 0 Å². The Morgan fingerprint density at radius 1 is 0.558 bits per heavy atom. The van der Waals surface area contributed by atoms with Crippen LogP contribution in [0.3, 0.4) is 0 Å². The number of anilines is 1. The predicted octanol–water partition coefficient (Wildman–Crippen LogP) is 9.36. The highest BCUT2D eigenvalue weighted by molar-refractivity contribution is 6.09. The topological polar surface area (TPSA) is 23.8 Å². The van der Waals surface area contributed by atoms with Crippen molar-refractivity contribution in [2.75, 3.05) is 4.90 Å². The van der Waals surface area contributed by atoms with Crippen molar-refractivity contribution in [2.24, 2.45) is 4.99 Å². The van der Waals surface area contributed by atoms with E-state index in [4.69, 9.17) is 4.99 Å². The van der Waals surface area contributed by atoms with Gasteiger partial charge >= 0.3 is 0 Å². The lowest BCUT2D eigenvalue weighted by atomic mass is 9.56. The van der Waals surface area contributed by atoms with Crippen LogP contribution in [0.4, 0.5) is 5.69 Å². The molecule has 0 unspecified atom stereocenters. The summed E-state index contributed by atoms with van der Waals surface area (Å²) in [6.45, 7) is 4.73. The highest BCUT2D eigenvalue weighted by Gasteiger charge is 2.78. The normalized spacial score (nSPS) is 29.9. The Kier molecular flexibility index (Phi) is 4.82. The van der Waals surface area contributed by atoms with E-state index in [1.165, 1.54) is 140 Å². The fraction of sp³-hybridized carbons (Fsp3) is 0.513. The molecule has 5 heterocycles. The number of benzene rings is 3. The molecule has 0 atom stereocenters. The molecule has 3 saturated heterocycles. The quantitative estimate of drug-likeness (QED) is 0.241. The third kappa shape index (κ3) is 2.75. The van der Waals surface area contributed by atoms with Crippen LogP contribution in [0.15, 0.2) is 65.7 Å². The van der Waals surface area contributed by atoms with Crippen LogP contribution in [0, 0.1) is 13.8 Å². The lowest BCUT2D eigenvalue weighted by Crippen LogP contribution is -2.73. The Morgan fingerprint density at radius 3 is 1.72 bits per heavy atom. The van der Waals surface area contributed by atoms with Crippen LogP contribution in [0.1, 0.15) is 101 Å². The maximum atomic E-state index is 6.02. The molecular weight excluding hydrogens is 524 g/mol. The zero-order chi connectivity index (χ0) is 28.6. The van der Waals surface area contributed by atoms with Gasteiger partial charge in [0.1, 0.15) is 0 Å². The van der Waals surface area contributed by atoms with Gasteiger partial charge < -0.3 is 14.4 Å². The lowest BCUT2D eigenvalue weighted by molar-refractivity contribution is -0.0885. The maximum Gasteiger partial charge on any atom is 0.203 e. The van der Waals surface area contributed by atoms with Gasteiger partial charge in [0.25, 0.3) is 0 Å². The number of rotatable bonds is 2. The van der Waals surface area contributed by atoms with E-state index in [1.54, 1.807) is 0 Å². The van der Waals surface area contributed by atoms with Gasteiger partial charge in [0.15, 0.2) is 0 Å². The summed E-state index contributed by atoms with van der Waals surface area (Å²) >= 11 is 0. The molecule has 2 spiro atoms. The van der Waals surface area contributed by atoms with Gasteiger partial charge in [-0.1, -0.05) is 62.1 Å². The summed E-state index contributed by atoms with van der Waals surface area (Å²) in [7, 11) is 0. The molecule has 43 heavy (non-hydrogen) atoms. The molecule has 6 aliphatic rings. The fourth-order valence-corrected chi connectivity index (χ4v) is 12.1. The molecule has 4 heteroatoms. The van der Waals surface area contributed by atoms with E-state index in [-0.39, 0.29) is 22.2 Å². The van der Waals surface area contributed by atoms with E-state index in [1.807, 2.05) is 0 Å². The first-order valence-corrected chi connectivity index (χ1v) is 17.3. The second-order valence-corrected chi connectivity index (χ2v) is 15.1. The molecule has 4 aliphatic heterocycles. The number of piperidine rings is 2. The Bertz CT molecular complexity index is 1780. The van der Waals surface area contributed by atoms with Crippen molar-refractivity contribution in [2.45, 2.75) is 126 Å². The Hall–Kier alpha value is -3.27. The first-order valence-electron chi connectivity index (χ1n) is 17.3. The largest absolute Gasteiger partial charge is 0.326 e. The van der Waals surface area contributed by atoms with Crippen molar-refractivity contribution in [1.29, 1.82) is 0 Å². The van der Waals surface area contributed by atoms with Crippen molar-refractivity contribution < 1.29 is 0 Å².